The number of carbonyl (C=O) groups excluding carboxylic acids is 3. The molecule has 144 valence electrons. The maximum absolute atomic E-state index is 12.6. The lowest BCUT2D eigenvalue weighted by molar-refractivity contribution is -0.133. The predicted octanol–water partition coefficient (Wildman–Crippen LogP) is 1.83. The van der Waals surface area contributed by atoms with Gasteiger partial charge in [0.1, 0.15) is 6.04 Å². The van der Waals surface area contributed by atoms with Gasteiger partial charge in [-0.3, -0.25) is 14.4 Å². The van der Waals surface area contributed by atoms with Gasteiger partial charge in [0.25, 0.3) is 0 Å². The molecule has 26 heavy (non-hydrogen) atoms. The quantitative estimate of drug-likeness (QED) is 0.623. The molecule has 0 radical (unpaired) electrons. The molecule has 0 aliphatic rings. The lowest BCUT2D eigenvalue weighted by Gasteiger charge is -2.30. The lowest BCUT2D eigenvalue weighted by Crippen LogP contribution is -2.53. The van der Waals surface area contributed by atoms with Crippen molar-refractivity contribution in [2.45, 2.75) is 59.4 Å². The van der Waals surface area contributed by atoms with Gasteiger partial charge < -0.3 is 16.8 Å². The number of hydrogen-bond donors (Lipinski definition) is 3. The fraction of sp³-hybridized carbons (Fsp3) is 0.550. The summed E-state index contributed by atoms with van der Waals surface area (Å²) >= 11 is 0. The summed E-state index contributed by atoms with van der Waals surface area (Å²) in [5, 5.41) is 2.70. The van der Waals surface area contributed by atoms with E-state index in [1.807, 2.05) is 39.8 Å². The second-order valence-electron chi connectivity index (χ2n) is 7.96. The molecule has 0 spiro atoms. The van der Waals surface area contributed by atoms with Crippen molar-refractivity contribution < 1.29 is 14.4 Å². The SMILES string of the molecule is Cc1ccc(CCC[C@H](CC(N)=O)C(=O)N[C@H](C(N)=O)C(C)(C)C)cc1. The second-order valence-corrected chi connectivity index (χ2v) is 7.96. The van der Waals surface area contributed by atoms with E-state index in [1.54, 1.807) is 0 Å². The molecule has 0 heterocycles. The van der Waals surface area contributed by atoms with Gasteiger partial charge in [-0.25, -0.2) is 0 Å². The van der Waals surface area contributed by atoms with E-state index in [2.05, 4.69) is 17.4 Å². The third-order valence-corrected chi connectivity index (χ3v) is 4.39. The Bertz CT molecular complexity index is 633. The molecule has 0 aliphatic carbocycles. The zero-order chi connectivity index (χ0) is 19.9. The summed E-state index contributed by atoms with van der Waals surface area (Å²) in [5.74, 6) is -2.05. The van der Waals surface area contributed by atoms with Crippen molar-refractivity contribution in [3.63, 3.8) is 0 Å². The van der Waals surface area contributed by atoms with E-state index in [1.165, 1.54) is 11.1 Å². The van der Waals surface area contributed by atoms with Gasteiger partial charge in [0.05, 0.1) is 0 Å². The molecule has 0 saturated carbocycles. The summed E-state index contributed by atoms with van der Waals surface area (Å²) in [5.41, 5.74) is 12.6. The van der Waals surface area contributed by atoms with Crippen molar-refractivity contribution >= 4 is 17.7 Å². The van der Waals surface area contributed by atoms with Gasteiger partial charge in [-0.2, -0.15) is 0 Å². The average Bonchev–Trinajstić information content (AvgIpc) is 2.51. The molecule has 0 unspecified atom stereocenters. The van der Waals surface area contributed by atoms with E-state index in [0.717, 1.165) is 12.8 Å². The normalized spacial score (nSPS) is 13.7. The predicted molar refractivity (Wildman–Crippen MR) is 102 cm³/mol. The molecule has 1 aromatic carbocycles. The molecule has 1 rings (SSSR count). The summed E-state index contributed by atoms with van der Waals surface area (Å²) in [6.07, 6.45) is 2.01. The van der Waals surface area contributed by atoms with Crippen LogP contribution in [0.2, 0.25) is 0 Å². The van der Waals surface area contributed by atoms with Crippen molar-refractivity contribution in [1.82, 2.24) is 5.32 Å². The Kier molecular flexibility index (Phi) is 7.80. The van der Waals surface area contributed by atoms with Gasteiger partial charge >= 0.3 is 0 Å². The number of amides is 3. The maximum atomic E-state index is 12.6. The number of nitrogens with one attached hydrogen (secondary N) is 1. The van der Waals surface area contributed by atoms with E-state index < -0.39 is 29.2 Å². The molecule has 6 heteroatoms. The third-order valence-electron chi connectivity index (χ3n) is 4.39. The van der Waals surface area contributed by atoms with E-state index in [9.17, 15) is 14.4 Å². The molecule has 0 bridgehead atoms. The Morgan fingerprint density at radius 1 is 1.08 bits per heavy atom. The molecule has 2 atom stereocenters. The minimum Gasteiger partial charge on any atom is -0.370 e. The zero-order valence-electron chi connectivity index (χ0n) is 16.2. The first-order valence-electron chi connectivity index (χ1n) is 8.94. The van der Waals surface area contributed by atoms with Crippen molar-refractivity contribution in [3.05, 3.63) is 35.4 Å². The van der Waals surface area contributed by atoms with Gasteiger partial charge in [0.15, 0.2) is 0 Å². The van der Waals surface area contributed by atoms with Crippen molar-refractivity contribution in [3.8, 4) is 0 Å². The van der Waals surface area contributed by atoms with Crippen LogP contribution in [0.3, 0.4) is 0 Å². The number of primary amides is 2. The Morgan fingerprint density at radius 3 is 2.12 bits per heavy atom. The van der Waals surface area contributed by atoms with Gasteiger partial charge in [-0.15, -0.1) is 0 Å². The van der Waals surface area contributed by atoms with Crippen molar-refractivity contribution in [2.75, 3.05) is 0 Å². The van der Waals surface area contributed by atoms with Gasteiger partial charge in [-0.05, 0) is 37.2 Å². The molecule has 5 N–H and O–H groups in total. The highest BCUT2D eigenvalue weighted by molar-refractivity contribution is 5.90. The number of carbonyl (C=O) groups is 3. The molecule has 0 aromatic heterocycles. The third kappa shape index (κ3) is 7.25. The first kappa shape index (κ1) is 21.7. The summed E-state index contributed by atoms with van der Waals surface area (Å²) in [6, 6.07) is 7.40. The van der Waals surface area contributed by atoms with Crippen LogP contribution in [-0.4, -0.2) is 23.8 Å². The minimum atomic E-state index is -0.803. The molecule has 1 aromatic rings. The largest absolute Gasteiger partial charge is 0.370 e. The first-order chi connectivity index (χ1) is 12.0. The molecule has 3 amide bonds. The number of rotatable bonds is 9. The smallest absolute Gasteiger partial charge is 0.240 e. The summed E-state index contributed by atoms with van der Waals surface area (Å²) in [4.78, 5) is 35.6. The van der Waals surface area contributed by atoms with Crippen LogP contribution in [0, 0.1) is 18.3 Å². The highest BCUT2D eigenvalue weighted by Gasteiger charge is 2.33. The van der Waals surface area contributed by atoms with Crippen molar-refractivity contribution in [2.24, 2.45) is 22.8 Å². The highest BCUT2D eigenvalue weighted by Crippen LogP contribution is 2.21. The van der Waals surface area contributed by atoms with Crippen LogP contribution in [0.15, 0.2) is 24.3 Å². The van der Waals surface area contributed by atoms with Gasteiger partial charge in [0.2, 0.25) is 17.7 Å². The molecular weight excluding hydrogens is 330 g/mol. The van der Waals surface area contributed by atoms with Crippen LogP contribution in [-0.2, 0) is 20.8 Å². The van der Waals surface area contributed by atoms with Gasteiger partial charge in [0, 0.05) is 12.3 Å². The Balaban J connectivity index is 2.72. The minimum absolute atomic E-state index is 0.0463. The summed E-state index contributed by atoms with van der Waals surface area (Å²) in [6.45, 7) is 7.50. The fourth-order valence-electron chi connectivity index (χ4n) is 2.85. The fourth-order valence-corrected chi connectivity index (χ4v) is 2.85. The van der Waals surface area contributed by atoms with Crippen LogP contribution in [0.4, 0.5) is 0 Å². The van der Waals surface area contributed by atoms with E-state index >= 15 is 0 Å². The standard InChI is InChI=1S/C20H31N3O3/c1-13-8-10-14(11-9-13)6-5-7-15(12-16(21)24)19(26)23-17(18(22)25)20(2,3)4/h8-11,15,17H,5-7,12H2,1-4H3,(H2,21,24)(H2,22,25)(H,23,26)/t15-,17-/m1/s1. The highest BCUT2D eigenvalue weighted by atomic mass is 16.2. The number of hydrogen-bond acceptors (Lipinski definition) is 3. The van der Waals surface area contributed by atoms with E-state index in [4.69, 9.17) is 11.5 Å². The van der Waals surface area contributed by atoms with Gasteiger partial charge in [-0.1, -0.05) is 50.6 Å². The topological polar surface area (TPSA) is 115 Å². The Labute approximate surface area is 155 Å². The van der Waals surface area contributed by atoms with Crippen LogP contribution in [0.1, 0.15) is 51.2 Å². The van der Waals surface area contributed by atoms with Crippen LogP contribution < -0.4 is 16.8 Å². The number of benzene rings is 1. The summed E-state index contributed by atoms with van der Waals surface area (Å²) < 4.78 is 0. The van der Waals surface area contributed by atoms with Crippen LogP contribution in [0.25, 0.3) is 0 Å². The number of aryl methyl sites for hydroxylation is 2. The molecule has 0 saturated heterocycles. The molecule has 0 aliphatic heterocycles. The molecule has 0 fully saturated rings. The van der Waals surface area contributed by atoms with Crippen molar-refractivity contribution in [1.29, 1.82) is 0 Å². The second kappa shape index (κ2) is 9.36. The average molecular weight is 361 g/mol. The lowest BCUT2D eigenvalue weighted by atomic mass is 9.85. The Hall–Kier alpha value is -2.37. The first-order valence-corrected chi connectivity index (χ1v) is 8.94. The molecule has 6 nitrogen and oxygen atoms in total. The Morgan fingerprint density at radius 2 is 1.65 bits per heavy atom. The zero-order valence-corrected chi connectivity index (χ0v) is 16.2. The molecular formula is C20H31N3O3. The van der Waals surface area contributed by atoms with Crippen LogP contribution in [0.5, 0.6) is 0 Å². The maximum Gasteiger partial charge on any atom is 0.240 e. The monoisotopic (exact) mass is 361 g/mol. The van der Waals surface area contributed by atoms with E-state index in [-0.39, 0.29) is 12.3 Å². The van der Waals surface area contributed by atoms with Crippen LogP contribution >= 0.6 is 0 Å². The summed E-state index contributed by atoms with van der Waals surface area (Å²) in [7, 11) is 0. The number of nitrogens with two attached hydrogens (primary N) is 2. The van der Waals surface area contributed by atoms with E-state index in [0.29, 0.717) is 6.42 Å².